The first-order valence-electron chi connectivity index (χ1n) is 8.05. The molecule has 1 aromatic rings. The van der Waals surface area contributed by atoms with E-state index in [0.717, 1.165) is 30.3 Å². The molecule has 1 aromatic carbocycles. The lowest BCUT2D eigenvalue weighted by atomic mass is 9.77. The molecular weight excluding hydrogens is 232 g/mol. The fourth-order valence-electron chi connectivity index (χ4n) is 5.28. The van der Waals surface area contributed by atoms with E-state index in [1.54, 1.807) is 5.56 Å². The van der Waals surface area contributed by atoms with Gasteiger partial charge in [0.1, 0.15) is 0 Å². The monoisotopic (exact) mass is 254 g/mol. The summed E-state index contributed by atoms with van der Waals surface area (Å²) in [6.45, 7) is 1.14. The normalized spacial score (nSPS) is 37.9. The Morgan fingerprint density at radius 2 is 1.89 bits per heavy atom. The van der Waals surface area contributed by atoms with E-state index in [9.17, 15) is 0 Å². The van der Waals surface area contributed by atoms with Gasteiger partial charge in [-0.25, -0.2) is 0 Å². The SMILES string of the molecule is c1cc2c(c3c1CCCN3)N[C@H]1[C@H]3CC[C@H](C3)[C@H]1C2. The molecule has 0 unspecified atom stereocenters. The molecule has 2 N–H and O–H groups in total. The molecule has 0 aromatic heterocycles. The second-order valence-electron chi connectivity index (χ2n) is 7.04. The number of fused-ring (bicyclic) bond motifs is 8. The van der Waals surface area contributed by atoms with Gasteiger partial charge < -0.3 is 10.6 Å². The van der Waals surface area contributed by atoms with Gasteiger partial charge in [-0.2, -0.15) is 0 Å². The van der Waals surface area contributed by atoms with E-state index in [2.05, 4.69) is 22.8 Å². The zero-order chi connectivity index (χ0) is 12.4. The molecule has 5 rings (SSSR count). The summed E-state index contributed by atoms with van der Waals surface area (Å²) < 4.78 is 0. The molecule has 2 aliphatic heterocycles. The number of hydrogen-bond donors (Lipinski definition) is 2. The maximum absolute atomic E-state index is 3.96. The van der Waals surface area contributed by atoms with Gasteiger partial charge in [0.2, 0.25) is 0 Å². The highest BCUT2D eigenvalue weighted by Gasteiger charge is 2.49. The van der Waals surface area contributed by atoms with Gasteiger partial charge >= 0.3 is 0 Å². The van der Waals surface area contributed by atoms with Crippen molar-refractivity contribution in [2.24, 2.45) is 17.8 Å². The van der Waals surface area contributed by atoms with E-state index in [1.807, 2.05) is 0 Å². The van der Waals surface area contributed by atoms with Crippen molar-refractivity contribution in [1.29, 1.82) is 0 Å². The summed E-state index contributed by atoms with van der Waals surface area (Å²) in [7, 11) is 0. The quantitative estimate of drug-likeness (QED) is 0.741. The second-order valence-corrected chi connectivity index (χ2v) is 7.04. The van der Waals surface area contributed by atoms with Crippen LogP contribution >= 0.6 is 0 Å². The Labute approximate surface area is 115 Å². The molecule has 2 aliphatic carbocycles. The highest BCUT2D eigenvalue weighted by atomic mass is 15.0. The molecule has 2 heteroatoms. The van der Waals surface area contributed by atoms with Crippen molar-refractivity contribution in [3.8, 4) is 0 Å². The standard InChI is InChI=1S/C17H22N2/c1-2-10-3-5-13-9-14-11-4-6-12(8-11)15(14)19-17(13)16(10)18-7-1/h3,5,11-12,14-15,18-19H,1-2,4,6-9H2/t11-,12+,14-,15+/m1/s1. The van der Waals surface area contributed by atoms with Crippen molar-refractivity contribution in [1.82, 2.24) is 0 Å². The van der Waals surface area contributed by atoms with E-state index >= 15 is 0 Å². The van der Waals surface area contributed by atoms with Gasteiger partial charge in [0, 0.05) is 12.6 Å². The van der Waals surface area contributed by atoms with Crippen molar-refractivity contribution in [3.05, 3.63) is 23.3 Å². The lowest BCUT2D eigenvalue weighted by Crippen LogP contribution is -2.40. The minimum absolute atomic E-state index is 0.779. The van der Waals surface area contributed by atoms with Crippen molar-refractivity contribution < 1.29 is 0 Å². The van der Waals surface area contributed by atoms with Crippen molar-refractivity contribution >= 4 is 11.4 Å². The van der Waals surface area contributed by atoms with Crippen molar-refractivity contribution in [2.75, 3.05) is 17.2 Å². The maximum Gasteiger partial charge on any atom is 0.0613 e. The first kappa shape index (κ1) is 10.6. The van der Waals surface area contributed by atoms with Gasteiger partial charge in [0.25, 0.3) is 0 Å². The number of aryl methyl sites for hydroxylation is 1. The van der Waals surface area contributed by atoms with Gasteiger partial charge in [-0.3, -0.25) is 0 Å². The average Bonchev–Trinajstić information content (AvgIpc) is 3.07. The number of rotatable bonds is 0. The van der Waals surface area contributed by atoms with Crippen LogP contribution in [0.1, 0.15) is 36.8 Å². The zero-order valence-electron chi connectivity index (χ0n) is 11.4. The fourth-order valence-corrected chi connectivity index (χ4v) is 5.28. The third kappa shape index (κ3) is 1.38. The Morgan fingerprint density at radius 1 is 1.00 bits per heavy atom. The van der Waals surface area contributed by atoms with Gasteiger partial charge in [0.15, 0.2) is 0 Å². The van der Waals surface area contributed by atoms with E-state index in [4.69, 9.17) is 0 Å². The maximum atomic E-state index is 3.96. The highest BCUT2D eigenvalue weighted by Crippen LogP contribution is 2.54. The van der Waals surface area contributed by atoms with Crippen LogP contribution in [0, 0.1) is 17.8 Å². The Kier molecular flexibility index (Phi) is 2.05. The minimum Gasteiger partial charge on any atom is -0.383 e. The van der Waals surface area contributed by atoms with Crippen LogP contribution < -0.4 is 10.6 Å². The van der Waals surface area contributed by atoms with Gasteiger partial charge in [-0.05, 0) is 67.4 Å². The highest BCUT2D eigenvalue weighted by molar-refractivity contribution is 5.78. The lowest BCUT2D eigenvalue weighted by molar-refractivity contribution is 0.295. The van der Waals surface area contributed by atoms with Crippen LogP contribution in [0.5, 0.6) is 0 Å². The van der Waals surface area contributed by atoms with Gasteiger partial charge in [0.05, 0.1) is 11.4 Å². The Balaban J connectivity index is 1.59. The van der Waals surface area contributed by atoms with Crippen molar-refractivity contribution in [2.45, 2.75) is 44.6 Å². The molecule has 2 saturated carbocycles. The summed E-state index contributed by atoms with van der Waals surface area (Å²) in [5, 5.41) is 7.61. The third-order valence-electron chi connectivity index (χ3n) is 6.16. The summed E-state index contributed by atoms with van der Waals surface area (Å²) in [5.41, 5.74) is 6.00. The molecule has 2 heterocycles. The van der Waals surface area contributed by atoms with Crippen molar-refractivity contribution in [3.63, 3.8) is 0 Å². The summed E-state index contributed by atoms with van der Waals surface area (Å²) in [6.07, 6.45) is 8.30. The molecule has 100 valence electrons. The van der Waals surface area contributed by atoms with Crippen LogP contribution in [-0.2, 0) is 12.8 Å². The van der Waals surface area contributed by atoms with Crippen LogP contribution in [0.15, 0.2) is 12.1 Å². The Hall–Kier alpha value is -1.18. The molecule has 19 heavy (non-hydrogen) atoms. The first-order chi connectivity index (χ1) is 9.40. The topological polar surface area (TPSA) is 24.1 Å². The molecule has 4 aliphatic rings. The summed E-state index contributed by atoms with van der Waals surface area (Å²) in [5.74, 6) is 2.90. The lowest BCUT2D eigenvalue weighted by Gasteiger charge is -2.39. The number of anilines is 2. The predicted molar refractivity (Wildman–Crippen MR) is 78.7 cm³/mol. The van der Waals surface area contributed by atoms with Crippen LogP contribution in [0.25, 0.3) is 0 Å². The van der Waals surface area contributed by atoms with Crippen LogP contribution in [0.2, 0.25) is 0 Å². The Morgan fingerprint density at radius 3 is 2.89 bits per heavy atom. The second kappa shape index (κ2) is 3.68. The molecule has 0 spiro atoms. The molecule has 0 radical (unpaired) electrons. The van der Waals surface area contributed by atoms with Gasteiger partial charge in [-0.15, -0.1) is 0 Å². The average molecular weight is 254 g/mol. The summed E-state index contributed by atoms with van der Waals surface area (Å²) in [4.78, 5) is 0. The first-order valence-corrected chi connectivity index (χ1v) is 8.05. The van der Waals surface area contributed by atoms with Crippen LogP contribution in [0.4, 0.5) is 11.4 Å². The largest absolute Gasteiger partial charge is 0.383 e. The molecule has 2 bridgehead atoms. The number of benzene rings is 1. The number of nitrogens with one attached hydrogen (secondary N) is 2. The van der Waals surface area contributed by atoms with E-state index in [-0.39, 0.29) is 0 Å². The predicted octanol–water partition coefficient (Wildman–Crippen LogP) is 3.43. The minimum atomic E-state index is 0.779. The zero-order valence-corrected chi connectivity index (χ0v) is 11.4. The summed E-state index contributed by atoms with van der Waals surface area (Å²) in [6, 6.07) is 5.55. The van der Waals surface area contributed by atoms with E-state index < -0.39 is 0 Å². The molecule has 0 saturated heterocycles. The van der Waals surface area contributed by atoms with E-state index in [1.165, 1.54) is 55.5 Å². The van der Waals surface area contributed by atoms with Crippen LogP contribution in [0.3, 0.4) is 0 Å². The molecule has 4 atom stereocenters. The molecule has 0 amide bonds. The summed E-state index contributed by atoms with van der Waals surface area (Å²) >= 11 is 0. The van der Waals surface area contributed by atoms with E-state index in [0.29, 0.717) is 0 Å². The Bertz CT molecular complexity index is 536. The van der Waals surface area contributed by atoms with Gasteiger partial charge in [-0.1, -0.05) is 12.1 Å². The smallest absolute Gasteiger partial charge is 0.0613 e. The van der Waals surface area contributed by atoms with Crippen LogP contribution in [-0.4, -0.2) is 12.6 Å². The molecular formula is C17H22N2. The fraction of sp³-hybridized carbons (Fsp3) is 0.647. The molecule has 2 fully saturated rings. The number of hydrogen-bond acceptors (Lipinski definition) is 2. The third-order valence-corrected chi connectivity index (χ3v) is 6.16. The molecule has 2 nitrogen and oxygen atoms in total.